The zero-order valence-corrected chi connectivity index (χ0v) is 13.1. The van der Waals surface area contributed by atoms with Crippen LogP contribution in [0.15, 0.2) is 18.2 Å². The number of non-ortho nitro benzene ring substituents is 1. The maximum Gasteiger partial charge on any atom is 0.271 e. The molecule has 21 heavy (non-hydrogen) atoms. The number of carbonyl (C=O) groups excluding carboxylic acids is 1. The third kappa shape index (κ3) is 6.44. The summed E-state index contributed by atoms with van der Waals surface area (Å²) in [5.74, 6) is -0.0121. The van der Waals surface area contributed by atoms with Crippen LogP contribution in [0.4, 0.5) is 5.69 Å². The molecule has 1 aromatic carbocycles. The molecule has 0 spiro atoms. The van der Waals surface area contributed by atoms with Gasteiger partial charge in [0, 0.05) is 18.7 Å². The largest absolute Gasteiger partial charge is 0.482 e. The van der Waals surface area contributed by atoms with Gasteiger partial charge in [-0.15, -0.1) is 0 Å². The Bertz CT molecular complexity index is 526. The van der Waals surface area contributed by atoms with Gasteiger partial charge in [-0.2, -0.15) is 0 Å². The first-order valence-electron chi connectivity index (χ1n) is 6.52. The summed E-state index contributed by atoms with van der Waals surface area (Å²) in [5, 5.41) is 13.4. The van der Waals surface area contributed by atoms with Crippen LogP contribution in [0.2, 0.25) is 5.02 Å². The van der Waals surface area contributed by atoms with E-state index in [1.165, 1.54) is 18.2 Å². The summed E-state index contributed by atoms with van der Waals surface area (Å²) in [6.45, 7) is 6.66. The lowest BCUT2D eigenvalue weighted by Gasteiger charge is -2.18. The summed E-state index contributed by atoms with van der Waals surface area (Å²) in [7, 11) is 0. The van der Waals surface area contributed by atoms with Crippen molar-refractivity contribution in [2.75, 3.05) is 13.2 Å². The van der Waals surface area contributed by atoms with Gasteiger partial charge in [-0.1, -0.05) is 32.4 Å². The first-order chi connectivity index (χ1) is 9.69. The number of hydrogen-bond donors (Lipinski definition) is 1. The minimum absolute atomic E-state index is 0.103. The molecule has 1 aromatic rings. The van der Waals surface area contributed by atoms with Crippen molar-refractivity contribution in [2.45, 2.75) is 27.2 Å². The number of nitrogens with one attached hydrogen (secondary N) is 1. The van der Waals surface area contributed by atoms with Crippen LogP contribution >= 0.6 is 11.6 Å². The molecule has 0 heterocycles. The van der Waals surface area contributed by atoms with Crippen molar-refractivity contribution in [3.05, 3.63) is 33.3 Å². The number of benzene rings is 1. The molecule has 0 aliphatic rings. The van der Waals surface area contributed by atoms with E-state index in [2.05, 4.69) is 26.1 Å². The van der Waals surface area contributed by atoms with Crippen LogP contribution in [0.25, 0.3) is 0 Å². The smallest absolute Gasteiger partial charge is 0.271 e. The van der Waals surface area contributed by atoms with Gasteiger partial charge in [-0.05, 0) is 17.9 Å². The van der Waals surface area contributed by atoms with Crippen molar-refractivity contribution in [1.29, 1.82) is 0 Å². The fourth-order valence-corrected chi connectivity index (χ4v) is 1.72. The third-order valence-electron chi connectivity index (χ3n) is 2.68. The SMILES string of the molecule is CC(C)(C)CCNC(=O)COc1ccc([N+](=O)[O-])cc1Cl. The van der Waals surface area contributed by atoms with Crippen molar-refractivity contribution in [1.82, 2.24) is 5.32 Å². The third-order valence-corrected chi connectivity index (χ3v) is 2.98. The van der Waals surface area contributed by atoms with Crippen LogP contribution in [0.3, 0.4) is 0 Å². The van der Waals surface area contributed by atoms with Crippen molar-refractivity contribution >= 4 is 23.2 Å². The summed E-state index contributed by atoms with van der Waals surface area (Å²) in [6.07, 6.45) is 0.858. The summed E-state index contributed by atoms with van der Waals surface area (Å²) >= 11 is 5.86. The first kappa shape index (κ1) is 17.2. The predicted octanol–water partition coefficient (Wildman–Crippen LogP) is 3.18. The molecule has 1 amide bonds. The van der Waals surface area contributed by atoms with Crippen LogP contribution < -0.4 is 10.1 Å². The maximum atomic E-state index is 11.6. The Morgan fingerprint density at radius 2 is 2.10 bits per heavy atom. The number of nitro groups is 1. The van der Waals surface area contributed by atoms with Crippen molar-refractivity contribution in [2.24, 2.45) is 5.41 Å². The monoisotopic (exact) mass is 314 g/mol. The van der Waals surface area contributed by atoms with Crippen LogP contribution in [0, 0.1) is 15.5 Å². The number of halogens is 1. The van der Waals surface area contributed by atoms with E-state index in [1.54, 1.807) is 0 Å². The lowest BCUT2D eigenvalue weighted by molar-refractivity contribution is -0.384. The van der Waals surface area contributed by atoms with Crippen LogP contribution in [0.5, 0.6) is 5.75 Å². The van der Waals surface area contributed by atoms with Gasteiger partial charge in [0.25, 0.3) is 11.6 Å². The van der Waals surface area contributed by atoms with Gasteiger partial charge in [-0.25, -0.2) is 0 Å². The summed E-state index contributed by atoms with van der Waals surface area (Å²) < 4.78 is 5.25. The van der Waals surface area contributed by atoms with E-state index in [9.17, 15) is 14.9 Å². The molecule has 6 nitrogen and oxygen atoms in total. The summed E-state index contributed by atoms with van der Waals surface area (Å²) in [4.78, 5) is 21.6. The van der Waals surface area contributed by atoms with Gasteiger partial charge in [0.1, 0.15) is 5.75 Å². The van der Waals surface area contributed by atoms with Gasteiger partial charge in [0.15, 0.2) is 6.61 Å². The molecule has 0 radical (unpaired) electrons. The zero-order valence-electron chi connectivity index (χ0n) is 12.3. The fourth-order valence-electron chi connectivity index (χ4n) is 1.49. The molecule has 1 rings (SSSR count). The summed E-state index contributed by atoms with van der Waals surface area (Å²) in [6, 6.07) is 3.84. The fraction of sp³-hybridized carbons (Fsp3) is 0.500. The standard InChI is InChI=1S/C14H19ClN2O4/c1-14(2,3)6-7-16-13(18)9-21-12-5-4-10(17(19)20)8-11(12)15/h4-5,8H,6-7,9H2,1-3H3,(H,16,18). The number of carbonyl (C=O) groups is 1. The molecule has 0 fully saturated rings. The zero-order chi connectivity index (χ0) is 16.0. The summed E-state index contributed by atoms with van der Waals surface area (Å²) in [5.41, 5.74) is 0.0255. The number of nitrogens with zero attached hydrogens (tertiary/aromatic N) is 1. The van der Waals surface area contributed by atoms with Gasteiger partial charge >= 0.3 is 0 Å². The number of ether oxygens (including phenoxy) is 1. The highest BCUT2D eigenvalue weighted by molar-refractivity contribution is 6.32. The quantitative estimate of drug-likeness (QED) is 0.646. The molecule has 0 unspecified atom stereocenters. The van der Waals surface area contributed by atoms with Crippen LogP contribution in [0.1, 0.15) is 27.2 Å². The van der Waals surface area contributed by atoms with E-state index < -0.39 is 4.92 Å². The first-order valence-corrected chi connectivity index (χ1v) is 6.90. The van der Waals surface area contributed by atoms with Crippen molar-refractivity contribution in [3.8, 4) is 5.75 Å². The number of amides is 1. The predicted molar refractivity (Wildman–Crippen MR) is 80.7 cm³/mol. The molecule has 0 aliphatic carbocycles. The highest BCUT2D eigenvalue weighted by Gasteiger charge is 2.13. The molecular formula is C14H19ClN2O4. The Hall–Kier alpha value is -1.82. The maximum absolute atomic E-state index is 11.6. The Morgan fingerprint density at radius 1 is 1.43 bits per heavy atom. The van der Waals surface area contributed by atoms with Crippen LogP contribution in [-0.4, -0.2) is 24.0 Å². The lowest BCUT2D eigenvalue weighted by atomic mass is 9.92. The van der Waals surface area contributed by atoms with Crippen molar-refractivity contribution < 1.29 is 14.5 Å². The van der Waals surface area contributed by atoms with E-state index in [0.29, 0.717) is 6.54 Å². The second kappa shape index (κ2) is 7.26. The van der Waals surface area contributed by atoms with Crippen molar-refractivity contribution in [3.63, 3.8) is 0 Å². The molecule has 116 valence electrons. The molecule has 0 bridgehead atoms. The second-order valence-corrected chi connectivity index (χ2v) is 6.23. The van der Waals surface area contributed by atoms with Gasteiger partial charge < -0.3 is 10.1 Å². The number of hydrogen-bond acceptors (Lipinski definition) is 4. The second-order valence-electron chi connectivity index (χ2n) is 5.82. The molecular weight excluding hydrogens is 296 g/mol. The average molecular weight is 315 g/mol. The lowest BCUT2D eigenvalue weighted by Crippen LogP contribution is -2.31. The number of nitro benzene ring substituents is 1. The highest BCUT2D eigenvalue weighted by Crippen LogP contribution is 2.28. The topological polar surface area (TPSA) is 81.5 Å². The molecule has 0 saturated heterocycles. The van der Waals surface area contributed by atoms with Gasteiger partial charge in [0.2, 0.25) is 0 Å². The number of rotatable bonds is 6. The minimum Gasteiger partial charge on any atom is -0.482 e. The Morgan fingerprint density at radius 3 is 2.62 bits per heavy atom. The minimum atomic E-state index is -0.547. The highest BCUT2D eigenvalue weighted by atomic mass is 35.5. The Balaban J connectivity index is 2.45. The van der Waals surface area contributed by atoms with E-state index in [0.717, 1.165) is 6.42 Å². The molecule has 0 saturated carbocycles. The normalized spacial score (nSPS) is 11.0. The van der Waals surface area contributed by atoms with E-state index in [-0.39, 0.29) is 34.4 Å². The molecule has 7 heteroatoms. The van der Waals surface area contributed by atoms with Gasteiger partial charge in [0.05, 0.1) is 9.95 Å². The average Bonchev–Trinajstić information content (AvgIpc) is 2.35. The Labute approximate surface area is 128 Å². The Kier molecular flexibility index (Phi) is 5.96. The molecule has 0 atom stereocenters. The van der Waals surface area contributed by atoms with E-state index >= 15 is 0 Å². The molecule has 1 N–H and O–H groups in total. The van der Waals surface area contributed by atoms with Crippen LogP contribution in [-0.2, 0) is 4.79 Å². The van der Waals surface area contributed by atoms with E-state index in [4.69, 9.17) is 16.3 Å². The molecule has 0 aromatic heterocycles. The molecule has 0 aliphatic heterocycles. The van der Waals surface area contributed by atoms with Gasteiger partial charge in [-0.3, -0.25) is 14.9 Å². The van der Waals surface area contributed by atoms with E-state index in [1.807, 2.05) is 0 Å².